The van der Waals surface area contributed by atoms with Crippen LogP contribution < -0.4 is 9.46 Å². The van der Waals surface area contributed by atoms with Crippen LogP contribution in [0.2, 0.25) is 0 Å². The van der Waals surface area contributed by atoms with Gasteiger partial charge in [-0.2, -0.15) is 0 Å². The number of nitrogens with one attached hydrogen (secondary N) is 1. The van der Waals surface area contributed by atoms with Crippen LogP contribution in [-0.2, 0) is 20.2 Å². The van der Waals surface area contributed by atoms with Crippen LogP contribution in [0.25, 0.3) is 0 Å². The third-order valence-electron chi connectivity index (χ3n) is 4.95. The molecule has 0 spiro atoms. The summed E-state index contributed by atoms with van der Waals surface area (Å²) in [5, 5.41) is 0. The van der Waals surface area contributed by atoms with Crippen LogP contribution in [0.4, 0.5) is 0 Å². The van der Waals surface area contributed by atoms with Gasteiger partial charge in [-0.15, -0.1) is 0 Å². The van der Waals surface area contributed by atoms with Crippen molar-refractivity contribution >= 4 is 16.4 Å². The molecule has 5 nitrogen and oxygen atoms in total. The number of amides is 1. The highest BCUT2D eigenvalue weighted by molar-refractivity contribution is 7.90. The van der Waals surface area contributed by atoms with Crippen LogP contribution in [0.3, 0.4) is 0 Å². The first-order valence-corrected chi connectivity index (χ1v) is 12.1. The maximum Gasteiger partial charge on any atom is 0.267 e. The van der Waals surface area contributed by atoms with Crippen molar-refractivity contribution in [2.75, 3.05) is 6.61 Å². The summed E-state index contributed by atoms with van der Waals surface area (Å²) in [6.07, 6.45) is 7.85. The molecule has 0 saturated carbocycles. The van der Waals surface area contributed by atoms with Crippen molar-refractivity contribution in [2.24, 2.45) is 5.41 Å². The topological polar surface area (TPSA) is 72.5 Å². The van der Waals surface area contributed by atoms with E-state index in [1.54, 1.807) is 12.1 Å². The minimum atomic E-state index is -3.97. The Morgan fingerprint density at radius 1 is 1.00 bits per heavy atom. The monoisotopic (exact) mass is 425 g/mol. The second-order valence-electron chi connectivity index (χ2n) is 9.64. The lowest BCUT2D eigenvalue weighted by atomic mass is 9.72. The van der Waals surface area contributed by atoms with E-state index in [1.165, 1.54) is 19.3 Å². The average molecular weight is 426 g/mol. The van der Waals surface area contributed by atoms with E-state index < -0.39 is 10.0 Å². The normalized spacial score (nSPS) is 12.6. The van der Waals surface area contributed by atoms with E-state index in [-0.39, 0.29) is 22.1 Å². The molecule has 0 atom stereocenters. The lowest BCUT2D eigenvalue weighted by Gasteiger charge is -2.33. The van der Waals surface area contributed by atoms with Crippen molar-refractivity contribution in [3.8, 4) is 5.75 Å². The number of rotatable bonds is 13. The van der Waals surface area contributed by atoms with Gasteiger partial charge in [0, 0.05) is 0 Å². The molecule has 1 N–H and O–H groups in total. The molecule has 6 heteroatoms. The maximum atomic E-state index is 12.6. The van der Waals surface area contributed by atoms with Crippen LogP contribution in [-0.4, -0.2) is 21.4 Å². The molecule has 166 valence electrons. The molecule has 0 saturated heterocycles. The zero-order chi connectivity index (χ0) is 22.1. The molecule has 0 unspecified atom stereocenters. The summed E-state index contributed by atoms with van der Waals surface area (Å²) >= 11 is 0. The molecule has 0 aromatic heterocycles. The molecule has 0 radical (unpaired) electrons. The van der Waals surface area contributed by atoms with Gasteiger partial charge in [-0.25, -0.2) is 8.42 Å². The van der Waals surface area contributed by atoms with Crippen LogP contribution in [0.15, 0.2) is 23.1 Å². The van der Waals surface area contributed by atoms with Crippen molar-refractivity contribution in [3.63, 3.8) is 0 Å². The second-order valence-corrected chi connectivity index (χ2v) is 11.3. The Morgan fingerprint density at radius 3 is 2.21 bits per heavy atom. The average Bonchev–Trinajstić information content (AvgIpc) is 2.58. The van der Waals surface area contributed by atoms with E-state index in [0.717, 1.165) is 31.2 Å². The summed E-state index contributed by atoms with van der Waals surface area (Å²) in [7, 11) is -3.97. The Bertz CT molecular complexity index is 749. The van der Waals surface area contributed by atoms with Crippen LogP contribution >= 0.6 is 0 Å². The fourth-order valence-corrected chi connectivity index (χ4v) is 4.81. The minimum Gasteiger partial charge on any atom is -0.492 e. The van der Waals surface area contributed by atoms with Gasteiger partial charge in [-0.3, -0.25) is 9.52 Å². The molecule has 1 amide bonds. The van der Waals surface area contributed by atoms with E-state index in [1.807, 2.05) is 10.8 Å². The molecule has 29 heavy (non-hydrogen) atoms. The smallest absolute Gasteiger partial charge is 0.267 e. The third kappa shape index (κ3) is 8.77. The van der Waals surface area contributed by atoms with Gasteiger partial charge in [0.1, 0.15) is 10.6 Å². The molecule has 0 fully saturated rings. The van der Waals surface area contributed by atoms with E-state index >= 15 is 0 Å². The Hall–Kier alpha value is -1.56. The zero-order valence-corrected chi connectivity index (χ0v) is 19.8. The Kier molecular flexibility index (Phi) is 9.66. The van der Waals surface area contributed by atoms with Crippen LogP contribution in [0.1, 0.15) is 92.1 Å². The summed E-state index contributed by atoms with van der Waals surface area (Å²) in [6, 6.07) is 5.30. The van der Waals surface area contributed by atoms with Crippen LogP contribution in [0, 0.1) is 5.41 Å². The summed E-state index contributed by atoms with van der Waals surface area (Å²) in [5.74, 6) is 0.295. The van der Waals surface area contributed by atoms with Crippen molar-refractivity contribution in [3.05, 3.63) is 23.8 Å². The van der Waals surface area contributed by atoms with Gasteiger partial charge in [0.2, 0.25) is 6.41 Å². The number of ether oxygens (including phenoxy) is 1. The van der Waals surface area contributed by atoms with Gasteiger partial charge in [-0.05, 0) is 41.4 Å². The predicted octanol–water partition coefficient (Wildman–Crippen LogP) is 5.57. The Balaban J connectivity index is 3.03. The van der Waals surface area contributed by atoms with E-state index in [2.05, 4.69) is 41.5 Å². The summed E-state index contributed by atoms with van der Waals surface area (Å²) < 4.78 is 33.0. The number of hydrogen-bond acceptors (Lipinski definition) is 4. The van der Waals surface area contributed by atoms with Crippen LogP contribution in [0.5, 0.6) is 5.75 Å². The number of hydrogen-bond donors (Lipinski definition) is 1. The zero-order valence-electron chi connectivity index (χ0n) is 19.0. The first kappa shape index (κ1) is 25.5. The largest absolute Gasteiger partial charge is 0.492 e. The molecular weight excluding hydrogens is 386 g/mol. The van der Waals surface area contributed by atoms with Crippen molar-refractivity contribution in [1.29, 1.82) is 0 Å². The van der Waals surface area contributed by atoms with Gasteiger partial charge in [0.05, 0.1) is 6.61 Å². The maximum absolute atomic E-state index is 12.6. The molecule has 1 aromatic rings. The van der Waals surface area contributed by atoms with Gasteiger partial charge < -0.3 is 4.74 Å². The summed E-state index contributed by atoms with van der Waals surface area (Å²) in [4.78, 5) is 10.9. The number of benzene rings is 1. The lowest BCUT2D eigenvalue weighted by Crippen LogP contribution is -2.27. The first-order chi connectivity index (χ1) is 13.4. The van der Waals surface area contributed by atoms with Crippen molar-refractivity contribution in [1.82, 2.24) is 4.72 Å². The molecule has 0 aliphatic rings. The summed E-state index contributed by atoms with van der Waals surface area (Å²) in [6.45, 7) is 13.3. The standard InChI is InChI=1S/C23H39NO4S/c1-7-8-9-10-11-12-15-28-20-14-13-19(23(5,6)17-22(2,3)4)16-21(20)29(26,27)24-18-25/h13-14,16,18H,7-12,15,17H2,1-6H3,(H,24,25). The fourth-order valence-electron chi connectivity index (χ4n) is 3.88. The van der Waals surface area contributed by atoms with Crippen molar-refractivity contribution in [2.45, 2.75) is 96.8 Å². The molecule has 0 bridgehead atoms. The quantitative estimate of drug-likeness (QED) is 0.331. The molecule has 1 rings (SSSR count). The molecular formula is C23H39NO4S. The van der Waals surface area contributed by atoms with E-state index in [9.17, 15) is 13.2 Å². The lowest BCUT2D eigenvalue weighted by molar-refractivity contribution is -0.108. The molecule has 1 aromatic carbocycles. The van der Waals surface area contributed by atoms with Gasteiger partial charge >= 0.3 is 0 Å². The minimum absolute atomic E-state index is 0.0232. The Labute approximate surface area is 177 Å². The Morgan fingerprint density at radius 2 is 1.62 bits per heavy atom. The number of carbonyl (C=O) groups is 1. The highest BCUT2D eigenvalue weighted by Gasteiger charge is 2.30. The third-order valence-corrected chi connectivity index (χ3v) is 6.25. The molecule has 0 aliphatic heterocycles. The highest BCUT2D eigenvalue weighted by Crippen LogP contribution is 2.38. The highest BCUT2D eigenvalue weighted by atomic mass is 32.2. The molecule has 0 aliphatic carbocycles. The number of sulfonamides is 1. The van der Waals surface area contributed by atoms with Crippen molar-refractivity contribution < 1.29 is 17.9 Å². The number of carbonyl (C=O) groups excluding carboxylic acids is 1. The van der Waals surface area contributed by atoms with Gasteiger partial charge in [0.15, 0.2) is 0 Å². The summed E-state index contributed by atoms with van der Waals surface area (Å²) in [5.41, 5.74) is 0.781. The number of unbranched alkanes of at least 4 members (excludes halogenated alkanes) is 5. The predicted molar refractivity (Wildman–Crippen MR) is 119 cm³/mol. The second kappa shape index (κ2) is 11.0. The van der Waals surface area contributed by atoms with E-state index in [4.69, 9.17) is 4.74 Å². The molecule has 0 heterocycles. The van der Waals surface area contributed by atoms with E-state index in [0.29, 0.717) is 12.4 Å². The van der Waals surface area contributed by atoms with Gasteiger partial charge in [0.25, 0.3) is 10.0 Å². The van der Waals surface area contributed by atoms with Gasteiger partial charge in [-0.1, -0.05) is 79.7 Å². The fraction of sp³-hybridized carbons (Fsp3) is 0.696. The SMILES string of the molecule is CCCCCCCCOc1ccc(C(C)(C)CC(C)(C)C)cc1S(=O)(=O)NC=O. The first-order valence-electron chi connectivity index (χ1n) is 10.7.